The molecule has 120 valence electrons. The molecule has 2 aromatic heterocycles. The Bertz CT molecular complexity index is 687. The Hall–Kier alpha value is -2.39. The Morgan fingerprint density at radius 1 is 1.36 bits per heavy atom. The summed E-state index contributed by atoms with van der Waals surface area (Å²) in [4.78, 5) is 17.5. The van der Waals surface area contributed by atoms with Gasteiger partial charge in [-0.15, -0.1) is 5.10 Å². The van der Waals surface area contributed by atoms with E-state index in [4.69, 9.17) is 4.74 Å². The van der Waals surface area contributed by atoms with E-state index in [1.165, 1.54) is 4.90 Å². The van der Waals surface area contributed by atoms with Gasteiger partial charge in [-0.2, -0.15) is 8.78 Å². The fourth-order valence-corrected chi connectivity index (χ4v) is 2.28. The number of hydrogen-bond acceptors (Lipinski definition) is 4. The maximum absolute atomic E-state index is 13.3. The summed E-state index contributed by atoms with van der Waals surface area (Å²) in [6.07, 6.45) is -0.548. The molecule has 0 fully saturated rings. The predicted molar refractivity (Wildman–Crippen MR) is 70.9 cm³/mol. The van der Waals surface area contributed by atoms with Crippen molar-refractivity contribution in [1.82, 2.24) is 29.9 Å². The van der Waals surface area contributed by atoms with Crippen LogP contribution in [0.1, 0.15) is 38.7 Å². The highest BCUT2D eigenvalue weighted by Gasteiger charge is 2.35. The molecular formula is C12H16F2N6O2. The van der Waals surface area contributed by atoms with Crippen LogP contribution in [0.25, 0.3) is 11.6 Å². The van der Waals surface area contributed by atoms with E-state index in [1.807, 2.05) is 0 Å². The zero-order chi connectivity index (χ0) is 16.1. The van der Waals surface area contributed by atoms with Crippen LogP contribution in [0.3, 0.4) is 0 Å². The minimum atomic E-state index is -2.77. The van der Waals surface area contributed by atoms with Gasteiger partial charge in [0.2, 0.25) is 5.82 Å². The lowest BCUT2D eigenvalue weighted by Crippen LogP contribution is -2.34. The summed E-state index contributed by atoms with van der Waals surface area (Å²) in [6, 6.07) is 0. The molecule has 22 heavy (non-hydrogen) atoms. The molecule has 8 nitrogen and oxygen atoms in total. The van der Waals surface area contributed by atoms with Crippen LogP contribution < -0.4 is 0 Å². The van der Waals surface area contributed by atoms with Crippen LogP contribution in [0, 0.1) is 0 Å². The first kappa shape index (κ1) is 14.5. The molecule has 0 spiro atoms. The second-order valence-corrected chi connectivity index (χ2v) is 6.01. The number of ether oxygens (including phenoxy) is 1. The molecule has 0 radical (unpaired) electrons. The molecule has 0 saturated heterocycles. The zero-order valence-electron chi connectivity index (χ0n) is 12.4. The fraction of sp³-hybridized carbons (Fsp3) is 0.583. The molecule has 0 atom stereocenters. The van der Waals surface area contributed by atoms with E-state index in [-0.39, 0.29) is 24.7 Å². The van der Waals surface area contributed by atoms with Gasteiger partial charge in [0.05, 0.1) is 24.5 Å². The van der Waals surface area contributed by atoms with Gasteiger partial charge < -0.3 is 4.74 Å². The van der Waals surface area contributed by atoms with Crippen molar-refractivity contribution in [3.05, 3.63) is 11.4 Å². The normalized spacial score (nSPS) is 14.7. The lowest BCUT2D eigenvalue weighted by atomic mass is 10.2. The molecule has 1 aliphatic rings. The molecule has 0 unspecified atom stereocenters. The summed E-state index contributed by atoms with van der Waals surface area (Å²) in [5.41, 5.74) is 0.0850. The highest BCUT2D eigenvalue weighted by molar-refractivity contribution is 5.69. The maximum atomic E-state index is 13.3. The van der Waals surface area contributed by atoms with Gasteiger partial charge in [-0.25, -0.2) is 15.0 Å². The summed E-state index contributed by atoms with van der Waals surface area (Å²) >= 11 is 0. The number of carbonyl (C=O) groups excluding carboxylic acids is 1. The molecule has 0 aliphatic carbocycles. The van der Waals surface area contributed by atoms with Gasteiger partial charge in [-0.1, -0.05) is 0 Å². The number of aromatic nitrogens is 5. The molecule has 1 aliphatic heterocycles. The van der Waals surface area contributed by atoms with Gasteiger partial charge in [0.15, 0.2) is 5.82 Å². The minimum Gasteiger partial charge on any atom is -0.444 e. The summed E-state index contributed by atoms with van der Waals surface area (Å²) < 4.78 is 32.7. The summed E-state index contributed by atoms with van der Waals surface area (Å²) in [5.74, 6) is 0.307. The number of amides is 1. The molecule has 2 N–H and O–H groups in total. The third kappa shape index (κ3) is 2.44. The van der Waals surface area contributed by atoms with Crippen molar-refractivity contribution < 1.29 is 18.3 Å². The number of halogens is 2. The molecule has 0 saturated carbocycles. The average molecular weight is 314 g/mol. The molecule has 2 aromatic rings. The summed E-state index contributed by atoms with van der Waals surface area (Å²) in [6.45, 7) is 2.64. The van der Waals surface area contributed by atoms with Crippen molar-refractivity contribution in [3.63, 3.8) is 0 Å². The van der Waals surface area contributed by atoms with E-state index < -0.39 is 18.2 Å². The van der Waals surface area contributed by atoms with Crippen LogP contribution in [0.15, 0.2) is 0 Å². The monoisotopic (exact) mass is 314 g/mol. The van der Waals surface area contributed by atoms with Crippen LogP contribution >= 0.6 is 0 Å². The molecule has 0 aromatic carbocycles. The van der Waals surface area contributed by atoms with Gasteiger partial charge in [0.25, 0.3) is 0 Å². The molecule has 3 heterocycles. The smallest absolute Gasteiger partial charge is 0.410 e. The first-order valence-corrected chi connectivity index (χ1v) is 6.71. The summed E-state index contributed by atoms with van der Waals surface area (Å²) in [5, 5.41) is 8.72. The Kier molecular flexibility index (Phi) is 3.18. The number of nitrogens with zero attached hydrogens (tertiary/aromatic N) is 4. The number of hydrogen-bond donors (Lipinski definition) is 2. The first-order valence-electron chi connectivity index (χ1n) is 6.71. The molecule has 1 amide bonds. The van der Waals surface area contributed by atoms with Gasteiger partial charge in [-0.05, 0) is 20.8 Å². The number of alkyl halides is 2. The number of rotatable bonds is 2. The molecule has 3 rings (SSSR count). The van der Waals surface area contributed by atoms with Crippen LogP contribution in [0.5, 0.6) is 0 Å². The van der Waals surface area contributed by atoms with Crippen molar-refractivity contribution in [2.24, 2.45) is 0 Å². The van der Waals surface area contributed by atoms with Crippen molar-refractivity contribution in [2.45, 2.75) is 46.0 Å². The third-order valence-corrected chi connectivity index (χ3v) is 3.17. The van der Waals surface area contributed by atoms with Gasteiger partial charge >= 0.3 is 12.6 Å². The number of nitrogens with one attached hydrogen (secondary N) is 2. The van der Waals surface area contributed by atoms with E-state index >= 15 is 0 Å². The highest BCUT2D eigenvalue weighted by Crippen LogP contribution is 2.32. The predicted octanol–water partition coefficient (Wildman–Crippen LogP) is 2.25. The van der Waals surface area contributed by atoms with E-state index in [2.05, 4.69) is 20.4 Å². The minimum absolute atomic E-state index is 0.0301. The number of carbonyl (C=O) groups is 1. The number of fused-ring (bicyclic) bond motifs is 1. The van der Waals surface area contributed by atoms with Crippen LogP contribution in [0.2, 0.25) is 0 Å². The van der Waals surface area contributed by atoms with Crippen molar-refractivity contribution in [1.29, 1.82) is 0 Å². The average Bonchev–Trinajstić information content (AvgIpc) is 2.80. The van der Waals surface area contributed by atoms with Crippen molar-refractivity contribution >= 4 is 6.09 Å². The SMILES string of the molecule is CC(C)(C)OC(=O)N1Cc2nc(-c3n[nH][nH]3)n(C(F)F)c2C1. The van der Waals surface area contributed by atoms with Crippen molar-refractivity contribution in [2.75, 3.05) is 0 Å². The maximum Gasteiger partial charge on any atom is 0.410 e. The van der Waals surface area contributed by atoms with E-state index in [0.717, 1.165) is 4.57 Å². The topological polar surface area (TPSA) is 91.8 Å². The van der Waals surface area contributed by atoms with Gasteiger partial charge in [0.1, 0.15) is 5.60 Å². The lowest BCUT2D eigenvalue weighted by Gasteiger charge is -2.24. The standard InChI is InChI=1S/C12H16F2N6O2/c1-12(2,3)22-11(21)19-4-6-7(5-19)20(10(13)14)9(15-6)8-16-18-17-8/h10,18H,4-5H2,1-3H3,(H,16,17). The Labute approximate surface area is 124 Å². The second-order valence-electron chi connectivity index (χ2n) is 6.01. The summed E-state index contributed by atoms with van der Waals surface area (Å²) in [7, 11) is 0. The van der Waals surface area contributed by atoms with Gasteiger partial charge in [0, 0.05) is 0 Å². The van der Waals surface area contributed by atoms with E-state index in [0.29, 0.717) is 11.4 Å². The van der Waals surface area contributed by atoms with Crippen molar-refractivity contribution in [3.8, 4) is 11.6 Å². The van der Waals surface area contributed by atoms with Crippen LogP contribution in [-0.4, -0.2) is 41.6 Å². The lowest BCUT2D eigenvalue weighted by molar-refractivity contribution is 0.0223. The first-order chi connectivity index (χ1) is 10.3. The van der Waals surface area contributed by atoms with Crippen LogP contribution in [-0.2, 0) is 17.8 Å². The quantitative estimate of drug-likeness (QED) is 0.889. The highest BCUT2D eigenvalue weighted by atomic mass is 19.3. The molecular weight excluding hydrogens is 298 g/mol. The van der Waals surface area contributed by atoms with E-state index in [9.17, 15) is 13.6 Å². The fourth-order valence-electron chi connectivity index (χ4n) is 2.28. The number of aromatic amines is 2. The Morgan fingerprint density at radius 3 is 2.55 bits per heavy atom. The Balaban J connectivity index is 1.85. The number of imidazole rings is 1. The second kappa shape index (κ2) is 4.82. The zero-order valence-corrected chi connectivity index (χ0v) is 12.4. The Morgan fingerprint density at radius 2 is 2.05 bits per heavy atom. The third-order valence-electron chi connectivity index (χ3n) is 3.17. The molecule has 0 bridgehead atoms. The van der Waals surface area contributed by atoms with E-state index in [1.54, 1.807) is 20.8 Å². The van der Waals surface area contributed by atoms with Crippen LogP contribution in [0.4, 0.5) is 13.6 Å². The van der Waals surface area contributed by atoms with Gasteiger partial charge in [-0.3, -0.25) is 14.6 Å². The number of H-pyrrole nitrogens is 2. The largest absolute Gasteiger partial charge is 0.444 e. The molecule has 10 heteroatoms.